The normalized spacial score (nSPS) is 9.95. The minimum absolute atomic E-state index is 0.300. The molecule has 96 valence electrons. The van der Waals surface area contributed by atoms with E-state index < -0.39 is 0 Å². The summed E-state index contributed by atoms with van der Waals surface area (Å²) in [5.74, 6) is -0.300. The molecule has 0 aliphatic rings. The average Bonchev–Trinajstić information content (AvgIpc) is 2.42. The Bertz CT molecular complexity index is 632. The molecule has 2 N–H and O–H groups in total. The van der Waals surface area contributed by atoms with Gasteiger partial charge in [-0.25, -0.2) is 4.39 Å². The molecule has 2 rings (SSSR count). The van der Waals surface area contributed by atoms with Crippen LogP contribution in [0.2, 0.25) is 0 Å². The Hall–Kier alpha value is -2.54. The monoisotopic (exact) mass is 255 g/mol. The smallest absolute Gasteiger partial charge is 0.125 e. The minimum atomic E-state index is -0.300. The first-order valence-electron chi connectivity index (χ1n) is 5.98. The summed E-state index contributed by atoms with van der Waals surface area (Å²) in [7, 11) is 0. The van der Waals surface area contributed by atoms with Gasteiger partial charge in [0, 0.05) is 12.2 Å². The van der Waals surface area contributed by atoms with Crippen LogP contribution in [0.1, 0.15) is 12.5 Å². The summed E-state index contributed by atoms with van der Waals surface area (Å²) < 4.78 is 13.3. The predicted molar refractivity (Wildman–Crippen MR) is 74.6 cm³/mol. The van der Waals surface area contributed by atoms with Crippen molar-refractivity contribution < 1.29 is 4.39 Å². The number of hydrogen-bond acceptors (Lipinski definition) is 3. The summed E-state index contributed by atoms with van der Waals surface area (Å²) >= 11 is 0. The van der Waals surface area contributed by atoms with Crippen LogP contribution >= 0.6 is 0 Å². The van der Waals surface area contributed by atoms with Crippen LogP contribution in [0.5, 0.6) is 0 Å². The van der Waals surface area contributed by atoms with Gasteiger partial charge in [0.05, 0.1) is 23.0 Å². The van der Waals surface area contributed by atoms with E-state index in [0.29, 0.717) is 29.2 Å². The van der Waals surface area contributed by atoms with E-state index in [1.165, 1.54) is 12.1 Å². The summed E-state index contributed by atoms with van der Waals surface area (Å²) in [6, 6.07) is 13.5. The molecular weight excluding hydrogens is 241 g/mol. The van der Waals surface area contributed by atoms with Crippen LogP contribution in [0.4, 0.5) is 21.5 Å². The number of nitrogens with zero attached hydrogens (tertiary/aromatic N) is 2. The summed E-state index contributed by atoms with van der Waals surface area (Å²) in [6.45, 7) is 2.58. The Morgan fingerprint density at radius 3 is 2.68 bits per heavy atom. The van der Waals surface area contributed by atoms with Crippen molar-refractivity contribution in [2.75, 3.05) is 17.2 Å². The lowest BCUT2D eigenvalue weighted by atomic mass is 10.1. The fourth-order valence-electron chi connectivity index (χ4n) is 1.98. The molecule has 0 saturated carbocycles. The SMILES string of the molecule is CCN(c1cccc(F)c1)c1cc(C#N)ccc1N. The van der Waals surface area contributed by atoms with Crippen LogP contribution < -0.4 is 10.6 Å². The van der Waals surface area contributed by atoms with Gasteiger partial charge in [-0.05, 0) is 43.3 Å². The third-order valence-electron chi connectivity index (χ3n) is 2.89. The first kappa shape index (κ1) is 12.9. The zero-order chi connectivity index (χ0) is 13.8. The second-order valence-electron chi connectivity index (χ2n) is 4.11. The summed E-state index contributed by atoms with van der Waals surface area (Å²) in [4.78, 5) is 1.87. The third-order valence-corrected chi connectivity index (χ3v) is 2.89. The van der Waals surface area contributed by atoms with Crippen molar-refractivity contribution in [2.45, 2.75) is 6.92 Å². The van der Waals surface area contributed by atoms with E-state index in [-0.39, 0.29) is 5.82 Å². The molecular formula is C15H14FN3. The van der Waals surface area contributed by atoms with Crippen LogP contribution in [-0.4, -0.2) is 6.54 Å². The second kappa shape index (κ2) is 5.40. The highest BCUT2D eigenvalue weighted by Gasteiger charge is 2.11. The van der Waals surface area contributed by atoms with Crippen molar-refractivity contribution in [3.63, 3.8) is 0 Å². The fraction of sp³-hybridized carbons (Fsp3) is 0.133. The molecule has 0 spiro atoms. The summed E-state index contributed by atoms with van der Waals surface area (Å²) in [6.07, 6.45) is 0. The lowest BCUT2D eigenvalue weighted by molar-refractivity contribution is 0.627. The largest absolute Gasteiger partial charge is 0.397 e. The maximum atomic E-state index is 13.3. The molecule has 0 unspecified atom stereocenters. The highest BCUT2D eigenvalue weighted by molar-refractivity contribution is 5.76. The van der Waals surface area contributed by atoms with E-state index in [1.807, 2.05) is 17.9 Å². The van der Waals surface area contributed by atoms with Crippen molar-refractivity contribution in [1.82, 2.24) is 0 Å². The van der Waals surface area contributed by atoms with Gasteiger partial charge in [0.1, 0.15) is 5.82 Å². The molecule has 0 amide bonds. The van der Waals surface area contributed by atoms with Crippen molar-refractivity contribution in [3.05, 3.63) is 53.8 Å². The zero-order valence-corrected chi connectivity index (χ0v) is 10.6. The van der Waals surface area contributed by atoms with Gasteiger partial charge in [0.25, 0.3) is 0 Å². The van der Waals surface area contributed by atoms with E-state index in [2.05, 4.69) is 6.07 Å². The minimum Gasteiger partial charge on any atom is -0.397 e. The molecule has 0 radical (unpaired) electrons. The molecule has 0 aliphatic carbocycles. The molecule has 0 atom stereocenters. The summed E-state index contributed by atoms with van der Waals surface area (Å²) in [5, 5.41) is 8.95. The lowest BCUT2D eigenvalue weighted by Gasteiger charge is -2.25. The maximum absolute atomic E-state index is 13.3. The Morgan fingerprint density at radius 2 is 2.05 bits per heavy atom. The van der Waals surface area contributed by atoms with Gasteiger partial charge < -0.3 is 10.6 Å². The number of nitriles is 1. The zero-order valence-electron chi connectivity index (χ0n) is 10.6. The van der Waals surface area contributed by atoms with Gasteiger partial charge in [-0.1, -0.05) is 6.07 Å². The number of halogens is 1. The van der Waals surface area contributed by atoms with Crippen LogP contribution in [-0.2, 0) is 0 Å². The average molecular weight is 255 g/mol. The first-order chi connectivity index (χ1) is 9.15. The summed E-state index contributed by atoms with van der Waals surface area (Å²) in [5.41, 5.74) is 8.47. The molecule has 0 bridgehead atoms. The van der Waals surface area contributed by atoms with Gasteiger partial charge in [0.15, 0.2) is 0 Å². The Morgan fingerprint density at radius 1 is 1.26 bits per heavy atom. The van der Waals surface area contributed by atoms with Crippen molar-refractivity contribution in [2.24, 2.45) is 0 Å². The molecule has 0 fully saturated rings. The number of rotatable bonds is 3. The lowest BCUT2D eigenvalue weighted by Crippen LogP contribution is -2.17. The topological polar surface area (TPSA) is 53.0 Å². The highest BCUT2D eigenvalue weighted by Crippen LogP contribution is 2.31. The predicted octanol–water partition coefficient (Wildman–Crippen LogP) is 3.44. The van der Waals surface area contributed by atoms with Gasteiger partial charge >= 0.3 is 0 Å². The number of benzene rings is 2. The standard InChI is InChI=1S/C15H14FN3/c1-2-19(13-5-3-4-12(16)9-13)15-8-11(10-17)6-7-14(15)18/h3-9H,2,18H2,1H3. The van der Waals surface area contributed by atoms with Crippen LogP contribution in [0.3, 0.4) is 0 Å². The molecule has 0 aromatic heterocycles. The Kier molecular flexibility index (Phi) is 3.67. The van der Waals surface area contributed by atoms with Gasteiger partial charge in [-0.3, -0.25) is 0 Å². The van der Waals surface area contributed by atoms with Crippen LogP contribution in [0, 0.1) is 17.1 Å². The van der Waals surface area contributed by atoms with Crippen LogP contribution in [0.25, 0.3) is 0 Å². The van der Waals surface area contributed by atoms with Gasteiger partial charge in [0.2, 0.25) is 0 Å². The highest BCUT2D eigenvalue weighted by atomic mass is 19.1. The Labute approximate surface area is 111 Å². The van der Waals surface area contributed by atoms with Crippen molar-refractivity contribution in [3.8, 4) is 6.07 Å². The number of nitrogen functional groups attached to an aromatic ring is 1. The van der Waals surface area contributed by atoms with E-state index in [0.717, 1.165) is 0 Å². The van der Waals surface area contributed by atoms with E-state index in [1.54, 1.807) is 24.3 Å². The third kappa shape index (κ3) is 2.66. The van der Waals surface area contributed by atoms with E-state index in [4.69, 9.17) is 11.0 Å². The number of hydrogen-bond donors (Lipinski definition) is 1. The first-order valence-corrected chi connectivity index (χ1v) is 5.98. The van der Waals surface area contributed by atoms with E-state index in [9.17, 15) is 4.39 Å². The maximum Gasteiger partial charge on any atom is 0.125 e. The van der Waals surface area contributed by atoms with Gasteiger partial charge in [-0.2, -0.15) is 5.26 Å². The van der Waals surface area contributed by atoms with E-state index >= 15 is 0 Å². The number of nitrogens with two attached hydrogens (primary N) is 1. The molecule has 0 heterocycles. The molecule has 0 aliphatic heterocycles. The molecule has 2 aromatic carbocycles. The quantitative estimate of drug-likeness (QED) is 0.855. The Balaban J connectivity index is 2.51. The van der Waals surface area contributed by atoms with Crippen molar-refractivity contribution in [1.29, 1.82) is 5.26 Å². The molecule has 3 nitrogen and oxygen atoms in total. The fourth-order valence-corrected chi connectivity index (χ4v) is 1.98. The van der Waals surface area contributed by atoms with Crippen LogP contribution in [0.15, 0.2) is 42.5 Å². The number of anilines is 3. The van der Waals surface area contributed by atoms with Crippen molar-refractivity contribution >= 4 is 17.1 Å². The molecule has 0 saturated heterocycles. The second-order valence-corrected chi connectivity index (χ2v) is 4.11. The molecule has 2 aromatic rings. The molecule has 19 heavy (non-hydrogen) atoms. The molecule has 4 heteroatoms. The van der Waals surface area contributed by atoms with Gasteiger partial charge in [-0.15, -0.1) is 0 Å².